The van der Waals surface area contributed by atoms with Crippen LogP contribution < -0.4 is 0 Å². The quantitative estimate of drug-likeness (QED) is 0.670. The van der Waals surface area contributed by atoms with Crippen molar-refractivity contribution in [2.24, 2.45) is 0 Å². The Hall–Kier alpha value is -2.23. The van der Waals surface area contributed by atoms with Gasteiger partial charge in [0, 0.05) is 5.56 Å². The molecule has 3 aromatic rings. The van der Waals surface area contributed by atoms with Crippen LogP contribution in [-0.2, 0) is 0 Å². The minimum absolute atomic E-state index is 0.731. The second-order valence-corrected chi connectivity index (χ2v) is 3.63. The average molecular weight is 210 g/mol. The summed E-state index contributed by atoms with van der Waals surface area (Å²) in [5, 5.41) is 7.81. The maximum atomic E-state index is 4.47. The normalized spacial score (nSPS) is 10.8. The lowest BCUT2D eigenvalue weighted by Crippen LogP contribution is -1.92. The van der Waals surface area contributed by atoms with Gasteiger partial charge in [-0.15, -0.1) is 0 Å². The Bertz CT molecular complexity index is 628. The molecule has 16 heavy (non-hydrogen) atoms. The van der Waals surface area contributed by atoms with Gasteiger partial charge in [-0.3, -0.25) is 5.10 Å². The lowest BCUT2D eigenvalue weighted by molar-refractivity contribution is 1.09. The molecule has 0 unspecified atom stereocenters. The molecule has 0 aliphatic carbocycles. The predicted octanol–water partition coefficient (Wildman–Crippen LogP) is 2.33. The highest BCUT2D eigenvalue weighted by Crippen LogP contribution is 2.19. The Labute approximate surface area is 92.4 Å². The Balaban J connectivity index is 2.25. The number of hydrogen-bond acceptors (Lipinski definition) is 3. The largest absolute Gasteiger partial charge is 0.261 e. The summed E-state index contributed by atoms with van der Waals surface area (Å²) in [5.74, 6) is 0.731. The maximum Gasteiger partial charge on any atom is 0.161 e. The topological polar surface area (TPSA) is 54.5 Å². The average Bonchev–Trinajstić information content (AvgIpc) is 2.79. The first kappa shape index (κ1) is 9.03. The van der Waals surface area contributed by atoms with Gasteiger partial charge in [0.05, 0.1) is 17.3 Å². The van der Waals surface area contributed by atoms with Crippen LogP contribution in [0.3, 0.4) is 0 Å². The van der Waals surface area contributed by atoms with Gasteiger partial charge in [-0.05, 0) is 6.92 Å². The van der Waals surface area contributed by atoms with Crippen molar-refractivity contribution in [1.29, 1.82) is 0 Å². The molecule has 0 atom stereocenters. The fourth-order valence-electron chi connectivity index (χ4n) is 1.70. The lowest BCUT2D eigenvalue weighted by atomic mass is 10.2. The number of aromatic nitrogens is 4. The third kappa shape index (κ3) is 1.35. The van der Waals surface area contributed by atoms with Gasteiger partial charge in [-0.1, -0.05) is 30.3 Å². The van der Waals surface area contributed by atoms with Crippen LogP contribution in [-0.4, -0.2) is 20.2 Å². The second-order valence-electron chi connectivity index (χ2n) is 3.63. The molecule has 0 saturated heterocycles. The third-order valence-electron chi connectivity index (χ3n) is 2.53. The fourth-order valence-corrected chi connectivity index (χ4v) is 1.70. The zero-order valence-electron chi connectivity index (χ0n) is 8.81. The number of hydrogen-bond donors (Lipinski definition) is 1. The standard InChI is InChI=1S/C12H10N4/c1-8-10-7-13-16-12(10)15-11(14-8)9-5-3-2-4-6-9/h2-7H,1H3,(H,13,14,15,16). The number of rotatable bonds is 1. The van der Waals surface area contributed by atoms with E-state index in [1.807, 2.05) is 37.3 Å². The SMILES string of the molecule is Cc1nc(-c2ccccc2)nc2[nH]ncc12. The number of fused-ring (bicyclic) bond motifs is 1. The van der Waals surface area contributed by atoms with Crippen molar-refractivity contribution in [2.45, 2.75) is 6.92 Å². The zero-order chi connectivity index (χ0) is 11.0. The van der Waals surface area contributed by atoms with E-state index < -0.39 is 0 Å². The van der Waals surface area contributed by atoms with Gasteiger partial charge < -0.3 is 0 Å². The number of aryl methyl sites for hydroxylation is 1. The molecule has 78 valence electrons. The van der Waals surface area contributed by atoms with Crippen LogP contribution in [0.1, 0.15) is 5.69 Å². The summed E-state index contributed by atoms with van der Waals surface area (Å²) < 4.78 is 0. The van der Waals surface area contributed by atoms with Crippen LogP contribution >= 0.6 is 0 Å². The number of nitrogens with zero attached hydrogens (tertiary/aromatic N) is 3. The molecule has 0 saturated carbocycles. The molecule has 0 aliphatic heterocycles. The van der Waals surface area contributed by atoms with Crippen molar-refractivity contribution in [3.63, 3.8) is 0 Å². The van der Waals surface area contributed by atoms with E-state index in [2.05, 4.69) is 20.2 Å². The van der Waals surface area contributed by atoms with E-state index in [1.54, 1.807) is 6.20 Å². The zero-order valence-corrected chi connectivity index (χ0v) is 8.81. The molecule has 3 rings (SSSR count). The first-order valence-corrected chi connectivity index (χ1v) is 5.08. The summed E-state index contributed by atoms with van der Waals surface area (Å²) in [6.45, 7) is 1.96. The van der Waals surface area contributed by atoms with E-state index in [9.17, 15) is 0 Å². The molecule has 2 heterocycles. The molecule has 0 amide bonds. The molecule has 0 fully saturated rings. The summed E-state index contributed by atoms with van der Waals surface area (Å²) in [7, 11) is 0. The molecule has 0 spiro atoms. The monoisotopic (exact) mass is 210 g/mol. The van der Waals surface area contributed by atoms with Crippen molar-refractivity contribution in [2.75, 3.05) is 0 Å². The summed E-state index contributed by atoms with van der Waals surface area (Å²) in [4.78, 5) is 8.91. The highest BCUT2D eigenvalue weighted by atomic mass is 15.1. The van der Waals surface area contributed by atoms with Gasteiger partial charge in [-0.25, -0.2) is 9.97 Å². The molecule has 2 aromatic heterocycles. The van der Waals surface area contributed by atoms with Crippen LogP contribution in [0.4, 0.5) is 0 Å². The predicted molar refractivity (Wildman–Crippen MR) is 61.9 cm³/mol. The smallest absolute Gasteiger partial charge is 0.161 e. The first-order valence-electron chi connectivity index (χ1n) is 5.08. The van der Waals surface area contributed by atoms with Crippen LogP contribution in [0.2, 0.25) is 0 Å². The summed E-state index contributed by atoms with van der Waals surface area (Å²) in [6.07, 6.45) is 1.75. The van der Waals surface area contributed by atoms with E-state index in [4.69, 9.17) is 0 Å². The molecule has 1 N–H and O–H groups in total. The number of H-pyrrole nitrogens is 1. The third-order valence-corrected chi connectivity index (χ3v) is 2.53. The van der Waals surface area contributed by atoms with Gasteiger partial charge in [0.25, 0.3) is 0 Å². The lowest BCUT2D eigenvalue weighted by Gasteiger charge is -2.01. The van der Waals surface area contributed by atoms with Crippen LogP contribution in [0.5, 0.6) is 0 Å². The number of aromatic amines is 1. The molecule has 0 aliphatic rings. The van der Waals surface area contributed by atoms with E-state index in [0.29, 0.717) is 0 Å². The van der Waals surface area contributed by atoms with Gasteiger partial charge in [-0.2, -0.15) is 5.10 Å². The van der Waals surface area contributed by atoms with Gasteiger partial charge >= 0.3 is 0 Å². The fraction of sp³-hybridized carbons (Fsp3) is 0.0833. The summed E-state index contributed by atoms with van der Waals surface area (Å²) in [5.41, 5.74) is 2.74. The van der Waals surface area contributed by atoms with E-state index in [1.165, 1.54) is 0 Å². The minimum Gasteiger partial charge on any atom is -0.261 e. The minimum atomic E-state index is 0.731. The van der Waals surface area contributed by atoms with Gasteiger partial charge in [0.15, 0.2) is 11.5 Å². The second kappa shape index (κ2) is 3.41. The van der Waals surface area contributed by atoms with Gasteiger partial charge in [0.1, 0.15) is 0 Å². The number of benzene rings is 1. The molecule has 4 heteroatoms. The highest BCUT2D eigenvalue weighted by molar-refractivity contribution is 5.78. The van der Waals surface area contributed by atoms with Gasteiger partial charge in [0.2, 0.25) is 0 Å². The van der Waals surface area contributed by atoms with E-state index >= 15 is 0 Å². The Morgan fingerprint density at radius 2 is 1.88 bits per heavy atom. The first-order chi connectivity index (χ1) is 7.84. The molecule has 1 aromatic carbocycles. The Kier molecular flexibility index (Phi) is 1.93. The maximum absolute atomic E-state index is 4.47. The van der Waals surface area contributed by atoms with Crippen molar-refractivity contribution in [3.05, 3.63) is 42.2 Å². The highest BCUT2D eigenvalue weighted by Gasteiger charge is 2.06. The Morgan fingerprint density at radius 3 is 2.69 bits per heavy atom. The molecule has 0 radical (unpaired) electrons. The number of nitrogens with one attached hydrogen (secondary N) is 1. The van der Waals surface area contributed by atoms with Crippen LogP contribution in [0.15, 0.2) is 36.5 Å². The van der Waals surface area contributed by atoms with Crippen LogP contribution in [0, 0.1) is 6.92 Å². The van der Waals surface area contributed by atoms with Crippen molar-refractivity contribution >= 4 is 11.0 Å². The van der Waals surface area contributed by atoms with E-state index in [0.717, 1.165) is 28.1 Å². The molecule has 0 bridgehead atoms. The molecule has 4 nitrogen and oxygen atoms in total. The van der Waals surface area contributed by atoms with E-state index in [-0.39, 0.29) is 0 Å². The van der Waals surface area contributed by atoms with Crippen molar-refractivity contribution in [1.82, 2.24) is 20.2 Å². The molecular weight excluding hydrogens is 200 g/mol. The molecular formula is C12H10N4. The van der Waals surface area contributed by atoms with Crippen molar-refractivity contribution < 1.29 is 0 Å². The summed E-state index contributed by atoms with van der Waals surface area (Å²) >= 11 is 0. The Morgan fingerprint density at radius 1 is 1.06 bits per heavy atom. The summed E-state index contributed by atoms with van der Waals surface area (Å²) in [6, 6.07) is 9.93. The van der Waals surface area contributed by atoms with Crippen LogP contribution in [0.25, 0.3) is 22.4 Å². The van der Waals surface area contributed by atoms with Crippen molar-refractivity contribution in [3.8, 4) is 11.4 Å².